The van der Waals surface area contributed by atoms with Gasteiger partial charge in [0.05, 0.1) is 6.61 Å². The van der Waals surface area contributed by atoms with Gasteiger partial charge in [-0.05, 0) is 41.5 Å². The summed E-state index contributed by atoms with van der Waals surface area (Å²) in [5.41, 5.74) is 1.03. The van der Waals surface area contributed by atoms with E-state index in [2.05, 4.69) is 33.9 Å². The number of carboxylic acid groups (broad SMARTS) is 1. The van der Waals surface area contributed by atoms with Gasteiger partial charge in [0.15, 0.2) is 0 Å². The van der Waals surface area contributed by atoms with Gasteiger partial charge in [-0.25, -0.2) is 4.79 Å². The minimum Gasteiger partial charge on any atom is -0.481 e. The van der Waals surface area contributed by atoms with Crippen molar-refractivity contribution >= 4 is 54.0 Å². The number of carbonyl (C=O) groups is 5. The first-order chi connectivity index (χ1) is 20.9. The summed E-state index contributed by atoms with van der Waals surface area (Å²) in [6.07, 6.45) is -0.776. The predicted octanol–water partition coefficient (Wildman–Crippen LogP) is 2.68. The summed E-state index contributed by atoms with van der Waals surface area (Å²) >= 11 is 10.5. The van der Waals surface area contributed by atoms with Crippen LogP contribution in [-0.4, -0.2) is 71.4 Å². The van der Waals surface area contributed by atoms with E-state index in [-0.39, 0.29) is 44.1 Å². The van der Waals surface area contributed by atoms with Crippen LogP contribution < -0.4 is 21.3 Å². The summed E-state index contributed by atoms with van der Waals surface area (Å²) < 4.78 is 5.13. The Labute approximate surface area is 267 Å². The molecule has 44 heavy (non-hydrogen) atoms. The van der Waals surface area contributed by atoms with Crippen molar-refractivity contribution in [1.82, 2.24) is 21.3 Å². The molecule has 0 heterocycles. The van der Waals surface area contributed by atoms with Crippen molar-refractivity contribution in [3.63, 3.8) is 0 Å². The fourth-order valence-corrected chi connectivity index (χ4v) is 5.33. The molecule has 2 atom stereocenters. The third-order valence-electron chi connectivity index (χ3n) is 7.16. The number of hydrogen-bond acceptors (Lipinski definition) is 7. The molecule has 0 fully saturated rings. The van der Waals surface area contributed by atoms with E-state index >= 15 is 0 Å². The lowest BCUT2D eigenvalue weighted by molar-refractivity contribution is -0.138. The zero-order chi connectivity index (χ0) is 32.3. The zero-order valence-electron chi connectivity index (χ0n) is 24.7. The molecule has 13 heteroatoms. The van der Waals surface area contributed by atoms with Crippen molar-refractivity contribution in [2.75, 3.05) is 18.9 Å². The minimum atomic E-state index is -1.51. The molecule has 0 aliphatic heterocycles. The van der Waals surface area contributed by atoms with Crippen LogP contribution in [0.3, 0.4) is 0 Å². The van der Waals surface area contributed by atoms with Crippen molar-refractivity contribution in [2.45, 2.75) is 63.6 Å². The van der Waals surface area contributed by atoms with Crippen molar-refractivity contribution in [3.8, 4) is 0 Å². The van der Waals surface area contributed by atoms with Crippen molar-refractivity contribution in [1.29, 1.82) is 0 Å². The molecule has 3 rings (SSSR count). The highest BCUT2D eigenvalue weighted by atomic mass is 35.5. The van der Waals surface area contributed by atoms with Crippen LogP contribution in [0.4, 0.5) is 4.79 Å². The number of carbonyl (C=O) groups excluding carboxylic acids is 4. The Morgan fingerprint density at radius 2 is 1.59 bits per heavy atom. The van der Waals surface area contributed by atoms with Gasteiger partial charge in [-0.1, -0.05) is 67.9 Å². The van der Waals surface area contributed by atoms with Crippen LogP contribution in [-0.2, 0) is 43.2 Å². The number of benzene rings is 2. The van der Waals surface area contributed by atoms with E-state index in [4.69, 9.17) is 16.3 Å². The Bertz CT molecular complexity index is 1330. The van der Waals surface area contributed by atoms with E-state index in [0.717, 1.165) is 16.7 Å². The lowest BCUT2D eigenvalue weighted by Crippen LogP contribution is -2.65. The van der Waals surface area contributed by atoms with E-state index in [9.17, 15) is 29.1 Å². The quantitative estimate of drug-likeness (QED) is 0.162. The Kier molecular flexibility index (Phi) is 12.9. The van der Waals surface area contributed by atoms with Crippen LogP contribution in [0.5, 0.6) is 0 Å². The molecule has 1 aliphatic carbocycles. The Balaban J connectivity index is 1.76. The third-order valence-corrected chi connectivity index (χ3v) is 7.89. The number of halogens is 1. The van der Waals surface area contributed by atoms with E-state index in [0.29, 0.717) is 11.4 Å². The molecule has 0 spiro atoms. The van der Waals surface area contributed by atoms with E-state index in [1.54, 1.807) is 6.07 Å². The summed E-state index contributed by atoms with van der Waals surface area (Å²) in [5.74, 6) is -2.93. The predicted molar refractivity (Wildman–Crippen MR) is 169 cm³/mol. The topological polar surface area (TPSA) is 163 Å². The fraction of sp³-hybridized carbons (Fsp3) is 0.452. The SMILES string of the molecule is CC(C)COC(=O)N[C@@H](CCC(=O)O)C(=O)NC1(C(=O)N[C@@H](CS)C(=O)NCCc2ccccc2Cl)Cc2ccccc2C1. The summed E-state index contributed by atoms with van der Waals surface area (Å²) in [6, 6.07) is 12.3. The molecule has 0 radical (unpaired) electrons. The maximum atomic E-state index is 13.9. The molecule has 0 saturated heterocycles. The Morgan fingerprint density at radius 3 is 2.18 bits per heavy atom. The van der Waals surface area contributed by atoms with Crippen molar-refractivity contribution in [3.05, 3.63) is 70.2 Å². The standard InChI is InChI=1S/C31H39ClN4O7S/c1-19(2)17-43-30(42)35-24(11-12-26(37)38)28(40)36-31(15-21-8-3-4-9-22(21)16-31)29(41)34-25(18-44)27(39)33-14-13-20-7-5-6-10-23(20)32/h3-10,19,24-25,44H,11-18H2,1-2H3,(H,33,39)(H,34,41)(H,35,42)(H,36,40)(H,37,38)/t24-,25-/m0/s1. The zero-order valence-corrected chi connectivity index (χ0v) is 26.4. The van der Waals surface area contributed by atoms with Gasteiger partial charge in [-0.3, -0.25) is 19.2 Å². The van der Waals surface area contributed by atoms with E-state index in [1.165, 1.54) is 0 Å². The number of amides is 4. The van der Waals surface area contributed by atoms with Gasteiger partial charge in [0, 0.05) is 36.6 Å². The number of ether oxygens (including phenoxy) is 1. The first kappa shape index (κ1) is 34.7. The first-order valence-electron chi connectivity index (χ1n) is 14.4. The van der Waals surface area contributed by atoms with Gasteiger partial charge in [0.25, 0.3) is 0 Å². The lowest BCUT2D eigenvalue weighted by Gasteiger charge is -2.32. The number of carboxylic acids is 1. The van der Waals surface area contributed by atoms with Gasteiger partial charge in [-0.15, -0.1) is 0 Å². The lowest BCUT2D eigenvalue weighted by atomic mass is 9.92. The molecule has 2 aromatic carbocycles. The van der Waals surface area contributed by atoms with E-state index in [1.807, 2.05) is 56.3 Å². The normalized spacial score (nSPS) is 14.6. The number of nitrogens with one attached hydrogen (secondary N) is 4. The second-order valence-electron chi connectivity index (χ2n) is 11.2. The molecular weight excluding hydrogens is 608 g/mol. The Hall–Kier alpha value is -3.77. The molecule has 0 saturated carbocycles. The molecule has 5 N–H and O–H groups in total. The Morgan fingerprint density at radius 1 is 0.955 bits per heavy atom. The summed E-state index contributed by atoms with van der Waals surface area (Å²) in [5, 5.41) is 20.6. The maximum Gasteiger partial charge on any atom is 0.407 e. The van der Waals surface area contributed by atoms with Crippen LogP contribution in [0.1, 0.15) is 43.4 Å². The van der Waals surface area contributed by atoms with Crippen molar-refractivity contribution < 1.29 is 33.8 Å². The smallest absolute Gasteiger partial charge is 0.407 e. The average molecular weight is 647 g/mol. The molecule has 0 unspecified atom stereocenters. The second kappa shape index (κ2) is 16.3. The number of hydrogen-bond donors (Lipinski definition) is 6. The summed E-state index contributed by atoms with van der Waals surface area (Å²) in [7, 11) is 0. The van der Waals surface area contributed by atoms with Crippen LogP contribution in [0.2, 0.25) is 5.02 Å². The molecule has 2 aromatic rings. The highest BCUT2D eigenvalue weighted by Gasteiger charge is 2.47. The fourth-order valence-electron chi connectivity index (χ4n) is 4.84. The molecule has 11 nitrogen and oxygen atoms in total. The largest absolute Gasteiger partial charge is 0.481 e. The van der Waals surface area contributed by atoms with E-state index < -0.39 is 53.8 Å². The summed E-state index contributed by atoms with van der Waals surface area (Å²) in [6.45, 7) is 4.07. The van der Waals surface area contributed by atoms with Gasteiger partial charge >= 0.3 is 12.1 Å². The van der Waals surface area contributed by atoms with Gasteiger partial charge in [0.2, 0.25) is 17.7 Å². The molecule has 238 valence electrons. The van der Waals surface area contributed by atoms with Crippen LogP contribution >= 0.6 is 24.2 Å². The molecular formula is C31H39ClN4O7S. The number of fused-ring (bicyclic) bond motifs is 1. The van der Waals surface area contributed by atoms with Crippen LogP contribution in [0, 0.1) is 5.92 Å². The van der Waals surface area contributed by atoms with Crippen molar-refractivity contribution in [2.24, 2.45) is 5.92 Å². The first-order valence-corrected chi connectivity index (χ1v) is 15.4. The maximum absolute atomic E-state index is 13.9. The molecule has 4 amide bonds. The molecule has 0 aromatic heterocycles. The average Bonchev–Trinajstić information content (AvgIpc) is 3.36. The number of aliphatic carboxylic acids is 1. The number of rotatable bonds is 15. The monoisotopic (exact) mass is 646 g/mol. The highest BCUT2D eigenvalue weighted by Crippen LogP contribution is 2.31. The number of thiol groups is 1. The highest BCUT2D eigenvalue weighted by molar-refractivity contribution is 7.80. The molecule has 1 aliphatic rings. The van der Waals surface area contributed by atoms with Gasteiger partial charge in [0.1, 0.15) is 17.6 Å². The van der Waals surface area contributed by atoms with Gasteiger partial charge < -0.3 is 31.1 Å². The summed E-state index contributed by atoms with van der Waals surface area (Å²) in [4.78, 5) is 64.2. The number of alkyl carbamates (subject to hydrolysis) is 1. The second-order valence-corrected chi connectivity index (χ2v) is 11.9. The van der Waals surface area contributed by atoms with Crippen LogP contribution in [0.25, 0.3) is 0 Å². The van der Waals surface area contributed by atoms with Crippen LogP contribution in [0.15, 0.2) is 48.5 Å². The third kappa shape index (κ3) is 9.88. The minimum absolute atomic E-state index is 0.00880. The molecule has 0 bridgehead atoms. The van der Waals surface area contributed by atoms with Gasteiger partial charge in [-0.2, -0.15) is 12.6 Å².